The molecule has 8 nitrogen and oxygen atoms in total. The number of anilines is 2. The molecule has 2 aromatic heterocycles. The predicted octanol–water partition coefficient (Wildman–Crippen LogP) is 2.97. The smallest absolute Gasteiger partial charge is 0.250 e. The number of benzene rings is 1. The van der Waals surface area contributed by atoms with E-state index in [0.717, 1.165) is 40.2 Å². The average Bonchev–Trinajstić information content (AvgIpc) is 3.15. The highest BCUT2D eigenvalue weighted by molar-refractivity contribution is 7.92. The number of aromatic nitrogens is 3. The van der Waals surface area contributed by atoms with Crippen molar-refractivity contribution in [3.63, 3.8) is 0 Å². The number of sulfonamides is 1. The molecule has 0 saturated heterocycles. The molecule has 0 radical (unpaired) electrons. The molecule has 0 aliphatic heterocycles. The van der Waals surface area contributed by atoms with Gasteiger partial charge in [-0.3, -0.25) is 14.8 Å². The topological polar surface area (TPSA) is 106 Å². The van der Waals surface area contributed by atoms with Gasteiger partial charge in [-0.1, -0.05) is 29.5 Å². The van der Waals surface area contributed by atoms with Crippen LogP contribution in [0.25, 0.3) is 11.8 Å². The van der Waals surface area contributed by atoms with E-state index < -0.39 is 10.0 Å². The summed E-state index contributed by atoms with van der Waals surface area (Å²) in [6.07, 6.45) is 4.15. The van der Waals surface area contributed by atoms with Crippen LogP contribution in [0.3, 0.4) is 0 Å². The predicted molar refractivity (Wildman–Crippen MR) is 111 cm³/mol. The number of rotatable bonds is 6. The number of carbonyl (C=O) groups is 1. The summed E-state index contributed by atoms with van der Waals surface area (Å²) >= 11 is 0.934. The van der Waals surface area contributed by atoms with Gasteiger partial charge in [0, 0.05) is 23.2 Å². The second-order valence-corrected chi connectivity index (χ2v) is 8.83. The lowest BCUT2D eigenvalue weighted by Crippen LogP contribution is -2.09. The van der Waals surface area contributed by atoms with E-state index in [1.54, 1.807) is 6.08 Å². The molecule has 3 aromatic rings. The van der Waals surface area contributed by atoms with Crippen LogP contribution in [0.2, 0.25) is 0 Å². The number of aryl methyl sites for hydroxylation is 1. The molecular formula is C18H19N5O3S2. The van der Waals surface area contributed by atoms with Crippen molar-refractivity contribution in [2.24, 2.45) is 0 Å². The zero-order valence-corrected chi connectivity index (χ0v) is 17.1. The summed E-state index contributed by atoms with van der Waals surface area (Å²) in [5.41, 5.74) is 4.06. The van der Waals surface area contributed by atoms with Gasteiger partial charge in [0.15, 0.2) is 0 Å². The van der Waals surface area contributed by atoms with Gasteiger partial charge >= 0.3 is 0 Å². The fraction of sp³-hybridized carbons (Fsp3) is 0.167. The van der Waals surface area contributed by atoms with E-state index in [-0.39, 0.29) is 16.2 Å². The Kier molecular flexibility index (Phi) is 5.61. The minimum absolute atomic E-state index is 0.0909. The summed E-state index contributed by atoms with van der Waals surface area (Å²) in [6, 6.07) is 12.0. The van der Waals surface area contributed by atoms with Crippen molar-refractivity contribution in [3.8, 4) is 5.69 Å². The van der Waals surface area contributed by atoms with Gasteiger partial charge in [0.1, 0.15) is 0 Å². The number of hydrogen-bond donors (Lipinski definition) is 2. The molecule has 0 unspecified atom stereocenters. The van der Waals surface area contributed by atoms with Crippen LogP contribution < -0.4 is 10.0 Å². The van der Waals surface area contributed by atoms with Gasteiger partial charge in [0.05, 0.1) is 6.26 Å². The van der Waals surface area contributed by atoms with Gasteiger partial charge in [0.25, 0.3) is 0 Å². The zero-order valence-electron chi connectivity index (χ0n) is 15.5. The van der Waals surface area contributed by atoms with Gasteiger partial charge in [-0.15, -0.1) is 10.2 Å². The maximum Gasteiger partial charge on any atom is 0.250 e. The van der Waals surface area contributed by atoms with Gasteiger partial charge in [-0.05, 0) is 43.7 Å². The van der Waals surface area contributed by atoms with Gasteiger partial charge in [-0.25, -0.2) is 8.42 Å². The zero-order chi connectivity index (χ0) is 20.3. The molecule has 146 valence electrons. The first kappa shape index (κ1) is 19.8. The normalized spacial score (nSPS) is 11.7. The van der Waals surface area contributed by atoms with Crippen molar-refractivity contribution < 1.29 is 13.2 Å². The van der Waals surface area contributed by atoms with E-state index in [1.807, 2.05) is 50.2 Å². The third-order valence-corrected chi connectivity index (χ3v) is 5.27. The van der Waals surface area contributed by atoms with Crippen molar-refractivity contribution in [3.05, 3.63) is 59.4 Å². The molecule has 0 bridgehead atoms. The third kappa shape index (κ3) is 4.84. The molecule has 0 fully saturated rings. The lowest BCUT2D eigenvalue weighted by atomic mass is 10.2. The van der Waals surface area contributed by atoms with E-state index in [9.17, 15) is 13.2 Å². The van der Waals surface area contributed by atoms with E-state index in [1.165, 1.54) is 6.08 Å². The summed E-state index contributed by atoms with van der Waals surface area (Å²) in [7, 11) is -3.44. The standard InChI is InChI=1S/C18H19N5O3S2/c1-12-11-14(13(2)23(12)15-7-5-4-6-8-15)9-10-16(24)19-17-20-21-18(27-17)22-28(3,25)26/h4-11H,1-3H3,(H,21,22)(H,19,20,24). The van der Waals surface area contributed by atoms with E-state index >= 15 is 0 Å². The third-order valence-electron chi connectivity index (χ3n) is 3.83. The summed E-state index contributed by atoms with van der Waals surface area (Å²) < 4.78 is 26.7. The monoisotopic (exact) mass is 417 g/mol. The average molecular weight is 418 g/mol. The number of nitrogens with one attached hydrogen (secondary N) is 2. The molecule has 0 spiro atoms. The maximum absolute atomic E-state index is 12.1. The Bertz CT molecular complexity index is 1130. The number of hydrogen-bond acceptors (Lipinski definition) is 6. The van der Waals surface area contributed by atoms with Crippen molar-refractivity contribution in [2.75, 3.05) is 16.3 Å². The summed E-state index contributed by atoms with van der Waals surface area (Å²) in [6.45, 7) is 4.00. The van der Waals surface area contributed by atoms with Crippen LogP contribution >= 0.6 is 11.3 Å². The minimum Gasteiger partial charge on any atom is -0.318 e. The first-order valence-electron chi connectivity index (χ1n) is 8.27. The highest BCUT2D eigenvalue weighted by Gasteiger charge is 2.11. The molecule has 1 amide bonds. The van der Waals surface area contributed by atoms with Crippen LogP contribution in [0.5, 0.6) is 0 Å². The van der Waals surface area contributed by atoms with Crippen molar-refractivity contribution in [1.82, 2.24) is 14.8 Å². The molecule has 3 rings (SSSR count). The second kappa shape index (κ2) is 7.95. The SMILES string of the molecule is Cc1cc(C=CC(=O)Nc2nnc(NS(C)(=O)=O)s2)c(C)n1-c1ccccc1. The summed E-state index contributed by atoms with van der Waals surface area (Å²) in [5, 5.41) is 10.3. The first-order chi connectivity index (χ1) is 13.2. The Hall–Kier alpha value is -2.98. The van der Waals surface area contributed by atoms with E-state index in [0.29, 0.717) is 0 Å². The minimum atomic E-state index is -3.44. The maximum atomic E-state index is 12.1. The number of nitrogens with zero attached hydrogens (tertiary/aromatic N) is 3. The van der Waals surface area contributed by atoms with Crippen molar-refractivity contribution in [2.45, 2.75) is 13.8 Å². The molecule has 0 atom stereocenters. The molecule has 28 heavy (non-hydrogen) atoms. The van der Waals surface area contributed by atoms with Crippen LogP contribution in [-0.4, -0.2) is 35.3 Å². The number of para-hydroxylation sites is 1. The van der Waals surface area contributed by atoms with Gasteiger partial charge < -0.3 is 4.57 Å². The molecule has 0 aliphatic carbocycles. The summed E-state index contributed by atoms with van der Waals surface area (Å²) in [4.78, 5) is 12.1. The Morgan fingerprint density at radius 3 is 2.50 bits per heavy atom. The Morgan fingerprint density at radius 2 is 1.82 bits per heavy atom. The molecule has 0 saturated carbocycles. The largest absolute Gasteiger partial charge is 0.318 e. The molecule has 1 aromatic carbocycles. The first-order valence-corrected chi connectivity index (χ1v) is 11.0. The van der Waals surface area contributed by atoms with Crippen LogP contribution in [0.1, 0.15) is 17.0 Å². The van der Waals surface area contributed by atoms with Crippen LogP contribution in [0.4, 0.5) is 10.3 Å². The van der Waals surface area contributed by atoms with E-state index in [2.05, 4.69) is 24.8 Å². The number of amides is 1. The lowest BCUT2D eigenvalue weighted by molar-refractivity contribution is -0.111. The highest BCUT2D eigenvalue weighted by Crippen LogP contribution is 2.23. The Morgan fingerprint density at radius 1 is 1.14 bits per heavy atom. The molecule has 10 heteroatoms. The fourth-order valence-electron chi connectivity index (χ4n) is 2.72. The van der Waals surface area contributed by atoms with Crippen LogP contribution in [0.15, 0.2) is 42.5 Å². The van der Waals surface area contributed by atoms with Gasteiger partial charge in [0.2, 0.25) is 26.2 Å². The molecular weight excluding hydrogens is 398 g/mol. The Balaban J connectivity index is 1.71. The number of carbonyl (C=O) groups excluding carboxylic acids is 1. The highest BCUT2D eigenvalue weighted by atomic mass is 32.2. The van der Waals surface area contributed by atoms with Gasteiger partial charge in [-0.2, -0.15) is 0 Å². The Labute approximate surface area is 167 Å². The quantitative estimate of drug-likeness (QED) is 0.600. The van der Waals surface area contributed by atoms with E-state index in [4.69, 9.17) is 0 Å². The van der Waals surface area contributed by atoms with Crippen LogP contribution in [0, 0.1) is 13.8 Å². The molecule has 0 aliphatic rings. The van der Waals surface area contributed by atoms with Crippen molar-refractivity contribution >= 4 is 43.6 Å². The van der Waals surface area contributed by atoms with Crippen molar-refractivity contribution in [1.29, 1.82) is 0 Å². The lowest BCUT2D eigenvalue weighted by Gasteiger charge is -2.09. The fourth-order valence-corrected chi connectivity index (χ4v) is 4.19. The second-order valence-electron chi connectivity index (χ2n) is 6.11. The summed E-state index contributed by atoms with van der Waals surface area (Å²) in [5.74, 6) is -0.383. The molecule has 2 N–H and O–H groups in total. The molecule has 2 heterocycles. The van der Waals surface area contributed by atoms with Crippen LogP contribution in [-0.2, 0) is 14.8 Å².